The fraction of sp³-hybridized carbons (Fsp3) is 0.389. The van der Waals surface area contributed by atoms with Gasteiger partial charge in [-0.05, 0) is 49.9 Å². The van der Waals surface area contributed by atoms with Gasteiger partial charge in [0.15, 0.2) is 5.69 Å². The van der Waals surface area contributed by atoms with Crippen molar-refractivity contribution in [2.45, 2.75) is 25.7 Å². The van der Waals surface area contributed by atoms with E-state index in [-0.39, 0.29) is 18.3 Å². The molecule has 0 bridgehead atoms. The summed E-state index contributed by atoms with van der Waals surface area (Å²) in [6.45, 7) is 0.667. The highest BCUT2D eigenvalue weighted by Gasteiger charge is 2.35. The molecule has 1 amide bonds. The fourth-order valence-corrected chi connectivity index (χ4v) is 3.70. The molecule has 25 heavy (non-hydrogen) atoms. The number of amides is 1. The number of aliphatic carboxylic acids is 1. The van der Waals surface area contributed by atoms with Gasteiger partial charge in [0.25, 0.3) is 5.91 Å². The molecule has 1 N–H and O–H groups in total. The lowest BCUT2D eigenvalue weighted by Crippen LogP contribution is -2.31. The van der Waals surface area contributed by atoms with Crippen LogP contribution in [0.15, 0.2) is 24.3 Å². The zero-order chi connectivity index (χ0) is 17.6. The topological polar surface area (TPSA) is 75.4 Å². The van der Waals surface area contributed by atoms with Crippen molar-refractivity contribution in [3.8, 4) is 5.69 Å². The number of carbonyl (C=O) groups is 2. The number of halogens is 1. The van der Waals surface area contributed by atoms with Crippen LogP contribution in [-0.2, 0) is 17.6 Å². The zero-order valence-electron chi connectivity index (χ0n) is 13.6. The molecule has 1 atom stereocenters. The number of likely N-dealkylation sites (tertiary alicyclic amines) is 1. The summed E-state index contributed by atoms with van der Waals surface area (Å²) in [5.74, 6) is -1.89. The number of hydrogen-bond donors (Lipinski definition) is 1. The van der Waals surface area contributed by atoms with Crippen molar-refractivity contribution in [1.82, 2.24) is 14.7 Å². The molecule has 2 aliphatic rings. The van der Waals surface area contributed by atoms with Crippen LogP contribution >= 0.6 is 0 Å². The van der Waals surface area contributed by atoms with Gasteiger partial charge in [0.2, 0.25) is 0 Å². The number of fused-ring (bicyclic) bond motifs is 1. The number of rotatable bonds is 3. The molecule has 1 aromatic heterocycles. The van der Waals surface area contributed by atoms with Gasteiger partial charge in [0.05, 0.1) is 11.6 Å². The van der Waals surface area contributed by atoms with E-state index < -0.39 is 11.9 Å². The van der Waals surface area contributed by atoms with Crippen LogP contribution in [0.2, 0.25) is 0 Å². The van der Waals surface area contributed by atoms with E-state index in [2.05, 4.69) is 5.10 Å². The van der Waals surface area contributed by atoms with E-state index in [1.807, 2.05) is 0 Å². The van der Waals surface area contributed by atoms with Crippen molar-refractivity contribution in [3.63, 3.8) is 0 Å². The van der Waals surface area contributed by atoms with Crippen LogP contribution in [0.1, 0.15) is 34.6 Å². The van der Waals surface area contributed by atoms with Gasteiger partial charge in [-0.3, -0.25) is 9.59 Å². The highest BCUT2D eigenvalue weighted by Crippen LogP contribution is 2.29. The summed E-state index contributed by atoms with van der Waals surface area (Å²) >= 11 is 0. The highest BCUT2D eigenvalue weighted by molar-refractivity contribution is 5.95. The van der Waals surface area contributed by atoms with E-state index in [1.165, 1.54) is 12.1 Å². The summed E-state index contributed by atoms with van der Waals surface area (Å²) in [6, 6.07) is 6.03. The molecule has 4 rings (SSSR count). The molecule has 1 saturated heterocycles. The van der Waals surface area contributed by atoms with Crippen LogP contribution in [-0.4, -0.2) is 44.8 Å². The van der Waals surface area contributed by atoms with Crippen LogP contribution in [0.4, 0.5) is 4.39 Å². The predicted octanol–water partition coefficient (Wildman–Crippen LogP) is 2.05. The van der Waals surface area contributed by atoms with Crippen LogP contribution < -0.4 is 0 Å². The number of aromatic nitrogens is 2. The molecule has 0 unspecified atom stereocenters. The van der Waals surface area contributed by atoms with Crippen LogP contribution in [0.5, 0.6) is 0 Å². The largest absolute Gasteiger partial charge is 0.481 e. The van der Waals surface area contributed by atoms with Gasteiger partial charge >= 0.3 is 5.97 Å². The van der Waals surface area contributed by atoms with E-state index in [0.717, 1.165) is 36.2 Å². The average molecular weight is 343 g/mol. The van der Waals surface area contributed by atoms with Gasteiger partial charge in [-0.15, -0.1) is 0 Å². The summed E-state index contributed by atoms with van der Waals surface area (Å²) in [5.41, 5.74) is 3.06. The summed E-state index contributed by atoms with van der Waals surface area (Å²) < 4.78 is 14.9. The predicted molar refractivity (Wildman–Crippen MR) is 87.2 cm³/mol. The van der Waals surface area contributed by atoms with Crippen LogP contribution in [0, 0.1) is 11.7 Å². The van der Waals surface area contributed by atoms with E-state index in [4.69, 9.17) is 5.11 Å². The Morgan fingerprint density at radius 1 is 1.20 bits per heavy atom. The summed E-state index contributed by atoms with van der Waals surface area (Å²) in [5, 5.41) is 13.6. The lowest BCUT2D eigenvalue weighted by Gasteiger charge is -2.14. The van der Waals surface area contributed by atoms with Crippen molar-refractivity contribution < 1.29 is 19.1 Å². The molecule has 2 heterocycles. The lowest BCUT2D eigenvalue weighted by atomic mass is 10.1. The number of hydrogen-bond acceptors (Lipinski definition) is 3. The van der Waals surface area contributed by atoms with Crippen molar-refractivity contribution in [1.29, 1.82) is 0 Å². The maximum atomic E-state index is 13.2. The third-order valence-electron chi connectivity index (χ3n) is 5.03. The Kier molecular flexibility index (Phi) is 3.78. The number of carbonyl (C=O) groups excluding carboxylic acids is 1. The minimum Gasteiger partial charge on any atom is -0.481 e. The quantitative estimate of drug-likeness (QED) is 0.925. The molecule has 0 spiro atoms. The maximum absolute atomic E-state index is 13.2. The fourth-order valence-electron chi connectivity index (χ4n) is 3.70. The Balaban J connectivity index is 1.67. The second kappa shape index (κ2) is 5.98. The summed E-state index contributed by atoms with van der Waals surface area (Å²) in [7, 11) is 0. The molecular formula is C18H18FN3O3. The van der Waals surface area contributed by atoms with E-state index >= 15 is 0 Å². The molecule has 0 radical (unpaired) electrons. The zero-order valence-corrected chi connectivity index (χ0v) is 13.6. The minimum atomic E-state index is -0.864. The average Bonchev–Trinajstić information content (AvgIpc) is 3.31. The number of carboxylic acids is 1. The summed E-state index contributed by atoms with van der Waals surface area (Å²) in [4.78, 5) is 25.6. The minimum absolute atomic E-state index is 0.206. The first-order valence-electron chi connectivity index (χ1n) is 8.43. The molecular weight excluding hydrogens is 325 g/mol. The van der Waals surface area contributed by atoms with Crippen molar-refractivity contribution in [3.05, 3.63) is 47.0 Å². The molecule has 1 aromatic carbocycles. The van der Waals surface area contributed by atoms with Crippen molar-refractivity contribution >= 4 is 11.9 Å². The van der Waals surface area contributed by atoms with Gasteiger partial charge < -0.3 is 10.0 Å². The number of nitrogens with zero attached hydrogens (tertiary/aromatic N) is 3. The second-order valence-corrected chi connectivity index (χ2v) is 6.59. The summed E-state index contributed by atoms with van der Waals surface area (Å²) in [6.07, 6.45) is 3.03. The first-order chi connectivity index (χ1) is 12.0. The SMILES string of the molecule is O=C(O)[C@H]1CCN(C(=O)c2nn(-c3ccc(F)cc3)c3c2CCC3)C1. The molecule has 2 aromatic rings. The molecule has 6 nitrogen and oxygen atoms in total. The maximum Gasteiger partial charge on any atom is 0.308 e. The Hall–Kier alpha value is -2.70. The Labute approximate surface area is 143 Å². The molecule has 7 heteroatoms. The van der Waals surface area contributed by atoms with E-state index in [9.17, 15) is 14.0 Å². The number of benzene rings is 1. The second-order valence-electron chi connectivity index (χ2n) is 6.59. The molecule has 0 saturated carbocycles. The standard InChI is InChI=1S/C18H18FN3O3/c19-12-4-6-13(7-5-12)22-15-3-1-2-14(15)16(20-22)17(23)21-9-8-11(10-21)18(24)25/h4-7,11H,1-3,8-10H2,(H,24,25)/t11-/m0/s1. The van der Waals surface area contributed by atoms with Crippen molar-refractivity contribution in [2.24, 2.45) is 5.92 Å². The molecule has 1 aliphatic carbocycles. The highest BCUT2D eigenvalue weighted by atomic mass is 19.1. The van der Waals surface area contributed by atoms with Gasteiger partial charge in [-0.2, -0.15) is 5.10 Å². The first kappa shape index (κ1) is 15.8. The lowest BCUT2D eigenvalue weighted by molar-refractivity contribution is -0.141. The monoisotopic (exact) mass is 343 g/mol. The Morgan fingerprint density at radius 3 is 2.64 bits per heavy atom. The number of carboxylic acid groups (broad SMARTS) is 1. The molecule has 1 aliphatic heterocycles. The van der Waals surface area contributed by atoms with Gasteiger partial charge in [-0.25, -0.2) is 9.07 Å². The Bertz CT molecular complexity index is 844. The van der Waals surface area contributed by atoms with Crippen LogP contribution in [0.3, 0.4) is 0 Å². The van der Waals surface area contributed by atoms with E-state index in [0.29, 0.717) is 18.7 Å². The smallest absolute Gasteiger partial charge is 0.308 e. The molecule has 130 valence electrons. The van der Waals surface area contributed by atoms with Gasteiger partial charge in [0, 0.05) is 24.3 Å². The first-order valence-corrected chi connectivity index (χ1v) is 8.43. The van der Waals surface area contributed by atoms with Gasteiger partial charge in [0.1, 0.15) is 5.82 Å². The van der Waals surface area contributed by atoms with E-state index in [1.54, 1.807) is 21.7 Å². The van der Waals surface area contributed by atoms with Crippen LogP contribution in [0.25, 0.3) is 5.69 Å². The van der Waals surface area contributed by atoms with Gasteiger partial charge in [-0.1, -0.05) is 0 Å². The Morgan fingerprint density at radius 2 is 1.96 bits per heavy atom. The van der Waals surface area contributed by atoms with Crippen molar-refractivity contribution in [2.75, 3.05) is 13.1 Å². The third kappa shape index (κ3) is 2.69. The third-order valence-corrected chi connectivity index (χ3v) is 5.03. The normalized spacial score (nSPS) is 19.2. The molecule has 1 fully saturated rings.